The van der Waals surface area contributed by atoms with Crippen LogP contribution in [-0.2, 0) is 11.3 Å². The Hall–Kier alpha value is -2.20. The fourth-order valence-electron chi connectivity index (χ4n) is 1.98. The van der Waals surface area contributed by atoms with Gasteiger partial charge in [0.2, 0.25) is 0 Å². The van der Waals surface area contributed by atoms with Crippen molar-refractivity contribution < 1.29 is 14.6 Å². The van der Waals surface area contributed by atoms with Crippen LogP contribution in [0.25, 0.3) is 0 Å². The molecule has 1 heterocycles. The zero-order chi connectivity index (χ0) is 15.1. The molecular weight excluding hydrogens is 260 g/mol. The van der Waals surface area contributed by atoms with E-state index in [-0.39, 0.29) is 17.9 Å². The van der Waals surface area contributed by atoms with Crippen LogP contribution >= 0.6 is 0 Å². The maximum Gasteiger partial charge on any atom is 0.317 e. The Morgan fingerprint density at radius 1 is 1.55 bits per heavy atom. The van der Waals surface area contributed by atoms with Gasteiger partial charge in [0.1, 0.15) is 6.07 Å². The van der Waals surface area contributed by atoms with E-state index in [1.807, 2.05) is 6.07 Å². The number of nitrogens with zero attached hydrogens (tertiary/aromatic N) is 2. The second kappa shape index (κ2) is 7.40. The van der Waals surface area contributed by atoms with Crippen LogP contribution in [0.3, 0.4) is 0 Å². The summed E-state index contributed by atoms with van der Waals surface area (Å²) >= 11 is 0. The molecule has 2 N–H and O–H groups in total. The van der Waals surface area contributed by atoms with Gasteiger partial charge in [-0.1, -0.05) is 13.3 Å². The first kappa shape index (κ1) is 15.9. The lowest BCUT2D eigenvalue weighted by atomic mass is 10.1. The molecule has 7 nitrogen and oxygen atoms in total. The van der Waals surface area contributed by atoms with Gasteiger partial charge < -0.3 is 4.74 Å². The van der Waals surface area contributed by atoms with Gasteiger partial charge in [-0.2, -0.15) is 5.26 Å². The van der Waals surface area contributed by atoms with E-state index < -0.39 is 4.92 Å². The number of aromatic nitrogens is 1. The molecule has 0 unspecified atom stereocenters. The minimum Gasteiger partial charge on any atom is -0.380 e. The van der Waals surface area contributed by atoms with Gasteiger partial charge in [0.05, 0.1) is 23.6 Å². The number of nitriles is 1. The van der Waals surface area contributed by atoms with Crippen molar-refractivity contribution >= 4 is 11.5 Å². The van der Waals surface area contributed by atoms with E-state index in [2.05, 4.69) is 17.2 Å². The van der Waals surface area contributed by atoms with Crippen LogP contribution in [0.15, 0.2) is 0 Å². The van der Waals surface area contributed by atoms with Gasteiger partial charge >= 0.3 is 5.69 Å². The predicted octanol–water partition coefficient (Wildman–Crippen LogP) is 1.95. The van der Waals surface area contributed by atoms with Crippen LogP contribution < -0.4 is 10.3 Å². The van der Waals surface area contributed by atoms with Crippen molar-refractivity contribution in [1.82, 2.24) is 0 Å². The van der Waals surface area contributed by atoms with Crippen molar-refractivity contribution in [2.75, 3.05) is 19.0 Å². The summed E-state index contributed by atoms with van der Waals surface area (Å²) in [6.07, 6.45) is 1.97. The summed E-state index contributed by atoms with van der Waals surface area (Å²) in [5, 5.41) is 23.6. The minimum atomic E-state index is -0.489. The summed E-state index contributed by atoms with van der Waals surface area (Å²) in [5.74, 6) is 0.510. The molecule has 0 aromatic carbocycles. The number of aryl methyl sites for hydroxylation is 1. The molecule has 108 valence electrons. The van der Waals surface area contributed by atoms with E-state index in [9.17, 15) is 15.4 Å². The van der Waals surface area contributed by atoms with Gasteiger partial charge in [-0.25, -0.2) is 4.98 Å². The Labute approximate surface area is 117 Å². The van der Waals surface area contributed by atoms with Crippen molar-refractivity contribution in [3.63, 3.8) is 0 Å². The van der Waals surface area contributed by atoms with E-state index in [0.717, 1.165) is 12.8 Å². The van der Waals surface area contributed by atoms with Gasteiger partial charge in [0.15, 0.2) is 11.3 Å². The lowest BCUT2D eigenvalue weighted by Gasteiger charge is -2.08. The number of methoxy groups -OCH3 is 1. The molecule has 7 heteroatoms. The molecule has 0 fully saturated rings. The summed E-state index contributed by atoms with van der Waals surface area (Å²) < 4.78 is 5.00. The molecule has 0 aliphatic rings. The maximum atomic E-state index is 11.2. The largest absolute Gasteiger partial charge is 0.380 e. The topological polar surface area (TPSA) is 102 Å². The normalized spacial score (nSPS) is 10.1. The van der Waals surface area contributed by atoms with Gasteiger partial charge in [0, 0.05) is 14.0 Å². The summed E-state index contributed by atoms with van der Waals surface area (Å²) in [6.45, 7) is 4.40. The summed E-state index contributed by atoms with van der Waals surface area (Å²) in [6, 6.07) is 2.02. The Kier molecular flexibility index (Phi) is 5.87. The number of hydrogen-bond donors (Lipinski definition) is 1. The Morgan fingerprint density at radius 3 is 2.75 bits per heavy atom. The van der Waals surface area contributed by atoms with Gasteiger partial charge in [0.25, 0.3) is 5.82 Å². The third-order valence-electron chi connectivity index (χ3n) is 2.92. The average Bonchev–Trinajstić information content (AvgIpc) is 2.39. The molecule has 1 aromatic heterocycles. The lowest BCUT2D eigenvalue weighted by molar-refractivity contribution is -0.420. The smallest absolute Gasteiger partial charge is 0.317 e. The molecule has 0 aliphatic heterocycles. The SMILES string of the molecule is CCCCNc1[nH+]c(C)c([N+](=O)[O-])c(COC)c1C#N. The fraction of sp³-hybridized carbons (Fsp3) is 0.538. The highest BCUT2D eigenvalue weighted by Crippen LogP contribution is 2.27. The van der Waals surface area contributed by atoms with E-state index in [0.29, 0.717) is 23.6 Å². The quantitative estimate of drug-likeness (QED) is 0.467. The molecule has 20 heavy (non-hydrogen) atoms. The van der Waals surface area contributed by atoms with Crippen LogP contribution in [-0.4, -0.2) is 18.6 Å². The van der Waals surface area contributed by atoms with E-state index in [4.69, 9.17) is 4.74 Å². The van der Waals surface area contributed by atoms with Crippen LogP contribution in [0.1, 0.15) is 36.6 Å². The second-order valence-electron chi connectivity index (χ2n) is 4.41. The zero-order valence-corrected chi connectivity index (χ0v) is 11.9. The average molecular weight is 279 g/mol. The first-order chi connectivity index (χ1) is 9.56. The third kappa shape index (κ3) is 3.42. The Balaban J connectivity index is 3.34. The van der Waals surface area contributed by atoms with Crippen LogP contribution in [0, 0.1) is 28.4 Å². The van der Waals surface area contributed by atoms with E-state index in [1.54, 1.807) is 6.92 Å². The number of ether oxygens (including phenoxy) is 1. The number of unbranched alkanes of at least 4 members (excludes halogenated alkanes) is 1. The highest BCUT2D eigenvalue weighted by Gasteiger charge is 2.29. The number of nitrogens with one attached hydrogen (secondary N) is 2. The van der Waals surface area contributed by atoms with Crippen molar-refractivity contribution in [3.8, 4) is 6.07 Å². The molecule has 0 spiro atoms. The Morgan fingerprint density at radius 2 is 2.25 bits per heavy atom. The van der Waals surface area contributed by atoms with Crippen LogP contribution in [0.5, 0.6) is 0 Å². The van der Waals surface area contributed by atoms with Crippen molar-refractivity contribution in [2.24, 2.45) is 0 Å². The number of H-pyrrole nitrogens is 1. The first-order valence-electron chi connectivity index (χ1n) is 6.42. The van der Waals surface area contributed by atoms with E-state index >= 15 is 0 Å². The molecule has 0 amide bonds. The third-order valence-corrected chi connectivity index (χ3v) is 2.92. The highest BCUT2D eigenvalue weighted by atomic mass is 16.6. The number of rotatable bonds is 7. The molecule has 1 aromatic rings. The summed E-state index contributed by atoms with van der Waals surface area (Å²) in [7, 11) is 1.45. The summed E-state index contributed by atoms with van der Waals surface area (Å²) in [5.41, 5.74) is 0.847. The van der Waals surface area contributed by atoms with Gasteiger partial charge in [-0.15, -0.1) is 0 Å². The first-order valence-corrected chi connectivity index (χ1v) is 6.42. The molecule has 0 saturated heterocycles. The van der Waals surface area contributed by atoms with E-state index in [1.165, 1.54) is 7.11 Å². The molecule has 0 saturated carbocycles. The highest BCUT2D eigenvalue weighted by molar-refractivity contribution is 5.60. The van der Waals surface area contributed by atoms with Crippen molar-refractivity contribution in [1.29, 1.82) is 5.26 Å². The molecule has 0 atom stereocenters. The molecule has 0 bridgehead atoms. The predicted molar refractivity (Wildman–Crippen MR) is 73.2 cm³/mol. The molecule has 1 rings (SSSR count). The van der Waals surface area contributed by atoms with Crippen molar-refractivity contribution in [3.05, 3.63) is 26.9 Å². The van der Waals surface area contributed by atoms with Crippen LogP contribution in [0.2, 0.25) is 0 Å². The standard InChI is InChI=1S/C13H18N4O3/c1-4-5-6-15-13-10(7-14)11(8-20-3)12(17(18)19)9(2)16-13/h4-6,8H2,1-3H3,(H,15,16)/p+1. The Bertz CT molecular complexity index is 537. The zero-order valence-electron chi connectivity index (χ0n) is 11.9. The van der Waals surface area contributed by atoms with Crippen molar-refractivity contribution in [2.45, 2.75) is 33.3 Å². The number of anilines is 1. The number of nitro groups is 1. The molecular formula is C13H19N4O3+. The van der Waals surface area contributed by atoms with Crippen LogP contribution in [0.4, 0.5) is 11.5 Å². The fourth-order valence-corrected chi connectivity index (χ4v) is 1.98. The van der Waals surface area contributed by atoms with Gasteiger partial charge in [-0.05, 0) is 6.42 Å². The molecule has 0 radical (unpaired) electrons. The number of aromatic amines is 1. The number of hydrogen-bond acceptors (Lipinski definition) is 5. The second-order valence-corrected chi connectivity index (χ2v) is 4.41. The minimum absolute atomic E-state index is 0.0250. The summed E-state index contributed by atoms with van der Waals surface area (Å²) in [4.78, 5) is 13.6. The lowest BCUT2D eigenvalue weighted by Crippen LogP contribution is -2.22. The number of pyridine rings is 1. The molecule has 0 aliphatic carbocycles. The van der Waals surface area contributed by atoms with Gasteiger partial charge in [-0.3, -0.25) is 15.4 Å². The maximum absolute atomic E-state index is 11.2. The monoisotopic (exact) mass is 279 g/mol.